The molecule has 0 radical (unpaired) electrons. The molecule has 1 rings (SSSR count). The molecule has 0 amide bonds. The zero-order valence-corrected chi connectivity index (χ0v) is 8.61. The number of hydrogen-bond donors (Lipinski definition) is 1. The van der Waals surface area contributed by atoms with Crippen LogP contribution >= 0.6 is 0 Å². The highest BCUT2D eigenvalue weighted by atomic mass is 19.1. The van der Waals surface area contributed by atoms with Crippen LogP contribution in [0.1, 0.15) is 25.0 Å². The van der Waals surface area contributed by atoms with Gasteiger partial charge in [0.2, 0.25) is 0 Å². The molecule has 0 aliphatic rings. The number of hydrogen-bond acceptors (Lipinski definition) is 1. The fraction of sp³-hybridized carbons (Fsp3) is 0.455. The average molecular weight is 181 g/mol. The zero-order chi connectivity index (χ0) is 10.0. The minimum Gasteiger partial charge on any atom is -0.383 e. The molecule has 0 fully saturated rings. The first-order chi connectivity index (χ1) is 6.00. The molecule has 1 aromatic carbocycles. The van der Waals surface area contributed by atoms with Gasteiger partial charge < -0.3 is 5.32 Å². The van der Waals surface area contributed by atoms with E-state index in [9.17, 15) is 4.39 Å². The molecule has 0 aromatic heterocycles. The van der Waals surface area contributed by atoms with Crippen molar-refractivity contribution in [2.75, 3.05) is 5.32 Å². The van der Waals surface area contributed by atoms with E-state index in [1.807, 2.05) is 13.0 Å². The third kappa shape index (κ3) is 2.44. The maximum atomic E-state index is 13.1. The van der Waals surface area contributed by atoms with Gasteiger partial charge in [-0.2, -0.15) is 0 Å². The summed E-state index contributed by atoms with van der Waals surface area (Å²) in [6.45, 7) is 7.82. The lowest BCUT2D eigenvalue weighted by Gasteiger charge is -2.13. The van der Waals surface area contributed by atoms with Crippen LogP contribution in [0.4, 0.5) is 10.1 Å². The summed E-state index contributed by atoms with van der Waals surface area (Å²) in [6.07, 6.45) is 0. The smallest absolute Gasteiger partial charge is 0.126 e. The highest BCUT2D eigenvalue weighted by Gasteiger charge is 2.04. The van der Waals surface area contributed by atoms with Crippen molar-refractivity contribution in [2.45, 2.75) is 33.7 Å². The Morgan fingerprint density at radius 3 is 2.31 bits per heavy atom. The van der Waals surface area contributed by atoms with Crippen molar-refractivity contribution in [1.29, 1.82) is 0 Å². The van der Waals surface area contributed by atoms with E-state index in [-0.39, 0.29) is 5.82 Å². The predicted molar refractivity (Wildman–Crippen MR) is 54.6 cm³/mol. The summed E-state index contributed by atoms with van der Waals surface area (Å²) in [6, 6.07) is 3.80. The van der Waals surface area contributed by atoms with E-state index in [1.54, 1.807) is 13.0 Å². The first kappa shape index (κ1) is 10.0. The van der Waals surface area contributed by atoms with Gasteiger partial charge in [0.1, 0.15) is 5.82 Å². The van der Waals surface area contributed by atoms with Gasteiger partial charge in [-0.25, -0.2) is 4.39 Å². The van der Waals surface area contributed by atoms with E-state index in [2.05, 4.69) is 19.2 Å². The highest BCUT2D eigenvalue weighted by molar-refractivity contribution is 5.53. The highest BCUT2D eigenvalue weighted by Crippen LogP contribution is 2.19. The van der Waals surface area contributed by atoms with E-state index >= 15 is 0 Å². The Kier molecular flexibility index (Phi) is 2.91. The molecule has 0 saturated heterocycles. The van der Waals surface area contributed by atoms with E-state index < -0.39 is 0 Å². The van der Waals surface area contributed by atoms with Crippen molar-refractivity contribution >= 4 is 5.69 Å². The average Bonchev–Trinajstić information content (AvgIpc) is 1.99. The summed E-state index contributed by atoms with van der Waals surface area (Å²) in [4.78, 5) is 0. The van der Waals surface area contributed by atoms with Crippen LogP contribution in [-0.4, -0.2) is 6.04 Å². The van der Waals surface area contributed by atoms with Crippen molar-refractivity contribution in [1.82, 2.24) is 0 Å². The van der Waals surface area contributed by atoms with Gasteiger partial charge in [0.15, 0.2) is 0 Å². The van der Waals surface area contributed by atoms with Gasteiger partial charge in [-0.1, -0.05) is 0 Å². The van der Waals surface area contributed by atoms with Gasteiger partial charge in [0.05, 0.1) is 0 Å². The Balaban J connectivity index is 3.01. The molecule has 2 heteroatoms. The molecule has 0 unspecified atom stereocenters. The van der Waals surface area contributed by atoms with Crippen LogP contribution in [0, 0.1) is 19.7 Å². The van der Waals surface area contributed by atoms with Crippen molar-refractivity contribution in [3.63, 3.8) is 0 Å². The molecule has 0 spiro atoms. The second kappa shape index (κ2) is 3.77. The summed E-state index contributed by atoms with van der Waals surface area (Å²) in [7, 11) is 0. The molecule has 0 saturated carbocycles. The van der Waals surface area contributed by atoms with Crippen LogP contribution in [0.3, 0.4) is 0 Å². The molecule has 0 aliphatic carbocycles. The lowest BCUT2D eigenvalue weighted by molar-refractivity contribution is 0.617. The molecule has 0 bridgehead atoms. The summed E-state index contributed by atoms with van der Waals surface area (Å²) < 4.78 is 13.1. The van der Waals surface area contributed by atoms with Gasteiger partial charge in [-0.3, -0.25) is 0 Å². The first-order valence-corrected chi connectivity index (χ1v) is 4.54. The number of nitrogens with one attached hydrogen (secondary N) is 1. The van der Waals surface area contributed by atoms with Crippen molar-refractivity contribution in [3.05, 3.63) is 29.1 Å². The van der Waals surface area contributed by atoms with E-state index in [4.69, 9.17) is 0 Å². The number of anilines is 1. The summed E-state index contributed by atoms with van der Waals surface area (Å²) in [5.74, 6) is -0.133. The standard InChI is InChI=1S/C11H16FN/c1-7(2)13-11-6-8(3)10(12)5-9(11)4/h5-7,13H,1-4H3. The summed E-state index contributed by atoms with van der Waals surface area (Å²) in [5, 5.41) is 3.27. The lowest BCUT2D eigenvalue weighted by Crippen LogP contribution is -2.11. The largest absolute Gasteiger partial charge is 0.383 e. The SMILES string of the molecule is Cc1cc(NC(C)C)c(C)cc1F. The molecule has 0 aliphatic heterocycles. The minimum atomic E-state index is -0.133. The second-order valence-electron chi connectivity index (χ2n) is 3.72. The Morgan fingerprint density at radius 2 is 1.77 bits per heavy atom. The minimum absolute atomic E-state index is 0.133. The summed E-state index contributed by atoms with van der Waals surface area (Å²) >= 11 is 0. The third-order valence-electron chi connectivity index (χ3n) is 1.95. The monoisotopic (exact) mass is 181 g/mol. The van der Waals surface area contributed by atoms with Crippen LogP contribution in [0.5, 0.6) is 0 Å². The summed E-state index contributed by atoms with van der Waals surface area (Å²) in [5.41, 5.74) is 2.67. The molecule has 72 valence electrons. The topological polar surface area (TPSA) is 12.0 Å². The number of benzene rings is 1. The van der Waals surface area contributed by atoms with Crippen LogP contribution < -0.4 is 5.32 Å². The Labute approximate surface area is 79.0 Å². The van der Waals surface area contributed by atoms with Crippen molar-refractivity contribution in [3.8, 4) is 0 Å². The maximum absolute atomic E-state index is 13.1. The maximum Gasteiger partial charge on any atom is 0.126 e. The van der Waals surface area contributed by atoms with Crippen molar-refractivity contribution in [2.24, 2.45) is 0 Å². The molecule has 0 heterocycles. The van der Waals surface area contributed by atoms with E-state index in [0.717, 1.165) is 11.3 Å². The quantitative estimate of drug-likeness (QED) is 0.738. The Morgan fingerprint density at radius 1 is 1.15 bits per heavy atom. The fourth-order valence-electron chi connectivity index (χ4n) is 1.25. The van der Waals surface area contributed by atoms with Gasteiger partial charge in [-0.05, 0) is 51.0 Å². The number of rotatable bonds is 2. The predicted octanol–water partition coefficient (Wildman–Crippen LogP) is 3.26. The Bertz CT molecular complexity index is 305. The van der Waals surface area contributed by atoms with Crippen LogP contribution in [-0.2, 0) is 0 Å². The molecule has 1 N–H and O–H groups in total. The Hall–Kier alpha value is -1.05. The second-order valence-corrected chi connectivity index (χ2v) is 3.72. The van der Waals surface area contributed by atoms with Gasteiger partial charge >= 0.3 is 0 Å². The molecule has 13 heavy (non-hydrogen) atoms. The molecular formula is C11H16FN. The molecule has 1 nitrogen and oxygen atoms in total. The number of aryl methyl sites for hydroxylation is 2. The van der Waals surface area contributed by atoms with Crippen LogP contribution in [0.2, 0.25) is 0 Å². The normalized spacial score (nSPS) is 10.6. The molecule has 0 atom stereocenters. The third-order valence-corrected chi connectivity index (χ3v) is 1.95. The zero-order valence-electron chi connectivity index (χ0n) is 8.61. The van der Waals surface area contributed by atoms with Crippen molar-refractivity contribution < 1.29 is 4.39 Å². The van der Waals surface area contributed by atoms with Gasteiger partial charge in [0, 0.05) is 11.7 Å². The molecular weight excluding hydrogens is 165 g/mol. The van der Waals surface area contributed by atoms with E-state index in [0.29, 0.717) is 11.6 Å². The first-order valence-electron chi connectivity index (χ1n) is 4.54. The van der Waals surface area contributed by atoms with Gasteiger partial charge in [-0.15, -0.1) is 0 Å². The number of halogens is 1. The molecule has 1 aromatic rings. The van der Waals surface area contributed by atoms with Crippen LogP contribution in [0.15, 0.2) is 12.1 Å². The van der Waals surface area contributed by atoms with E-state index in [1.165, 1.54) is 0 Å². The van der Waals surface area contributed by atoms with Gasteiger partial charge in [0.25, 0.3) is 0 Å². The fourth-order valence-corrected chi connectivity index (χ4v) is 1.25. The van der Waals surface area contributed by atoms with Crippen LogP contribution in [0.25, 0.3) is 0 Å². The lowest BCUT2D eigenvalue weighted by atomic mass is 10.1.